The Morgan fingerprint density at radius 3 is 3.00 bits per heavy atom. The third-order valence-corrected chi connectivity index (χ3v) is 3.70. The van der Waals surface area contributed by atoms with Gasteiger partial charge >= 0.3 is 0 Å². The number of anilines is 1. The smallest absolute Gasteiger partial charge is 0.0426 e. The first-order valence-corrected chi connectivity index (χ1v) is 6.90. The Bertz CT molecular complexity index is 354. The number of hydrogen-bond donors (Lipinski definition) is 1. The van der Waals surface area contributed by atoms with Crippen molar-refractivity contribution < 1.29 is 0 Å². The van der Waals surface area contributed by atoms with Crippen molar-refractivity contribution in [2.75, 3.05) is 25.0 Å². The minimum atomic E-state index is 0.588. The van der Waals surface area contributed by atoms with Crippen molar-refractivity contribution in [2.24, 2.45) is 0 Å². The normalized spacial score (nSPS) is 22.1. The fourth-order valence-electron chi connectivity index (χ4n) is 2.43. The number of benzene rings is 1. The second kappa shape index (κ2) is 6.27. The maximum absolute atomic E-state index is 5.99. The van der Waals surface area contributed by atoms with E-state index in [4.69, 9.17) is 11.6 Å². The third-order valence-electron chi connectivity index (χ3n) is 3.46. The number of hydrogen-bond acceptors (Lipinski definition) is 2. The van der Waals surface area contributed by atoms with Gasteiger partial charge in [-0.05, 0) is 50.6 Å². The number of nitrogens with zero attached hydrogens (tertiary/aromatic N) is 1. The van der Waals surface area contributed by atoms with Crippen LogP contribution in [-0.4, -0.2) is 30.6 Å². The van der Waals surface area contributed by atoms with Gasteiger partial charge in [0.2, 0.25) is 0 Å². The first kappa shape index (κ1) is 12.7. The number of rotatable bonds is 3. The molecule has 3 heteroatoms. The topological polar surface area (TPSA) is 15.3 Å². The van der Waals surface area contributed by atoms with Gasteiger partial charge in [0.1, 0.15) is 0 Å². The minimum Gasteiger partial charge on any atom is -0.382 e. The van der Waals surface area contributed by atoms with Crippen LogP contribution in [0.1, 0.15) is 26.2 Å². The molecule has 1 atom stereocenters. The highest BCUT2D eigenvalue weighted by atomic mass is 35.5. The summed E-state index contributed by atoms with van der Waals surface area (Å²) in [6.45, 7) is 5.85. The molecule has 1 heterocycles. The summed E-state index contributed by atoms with van der Waals surface area (Å²) in [5, 5.41) is 4.40. The SMILES string of the molecule is CCN1CCCC(Nc2cccc(Cl)c2)CC1. The summed E-state index contributed by atoms with van der Waals surface area (Å²) in [4.78, 5) is 2.53. The lowest BCUT2D eigenvalue weighted by Gasteiger charge is -2.19. The zero-order valence-electron chi connectivity index (χ0n) is 10.5. The molecule has 1 saturated heterocycles. The molecule has 0 amide bonds. The van der Waals surface area contributed by atoms with E-state index in [0.29, 0.717) is 6.04 Å². The third kappa shape index (κ3) is 3.90. The molecular formula is C14H21ClN2. The lowest BCUT2D eigenvalue weighted by atomic mass is 10.1. The summed E-state index contributed by atoms with van der Waals surface area (Å²) >= 11 is 5.99. The molecule has 1 N–H and O–H groups in total. The van der Waals surface area contributed by atoms with Crippen molar-refractivity contribution in [1.29, 1.82) is 0 Å². The Balaban J connectivity index is 1.90. The van der Waals surface area contributed by atoms with Gasteiger partial charge in [-0.1, -0.05) is 24.6 Å². The molecule has 0 bridgehead atoms. The van der Waals surface area contributed by atoms with Crippen LogP contribution >= 0.6 is 11.6 Å². The summed E-state index contributed by atoms with van der Waals surface area (Å²) in [5.41, 5.74) is 1.15. The first-order valence-electron chi connectivity index (χ1n) is 6.52. The van der Waals surface area contributed by atoms with Crippen molar-refractivity contribution in [3.63, 3.8) is 0 Å². The molecule has 17 heavy (non-hydrogen) atoms. The molecule has 0 spiro atoms. The van der Waals surface area contributed by atoms with Crippen LogP contribution in [0.25, 0.3) is 0 Å². The van der Waals surface area contributed by atoms with Crippen molar-refractivity contribution in [1.82, 2.24) is 4.90 Å². The highest BCUT2D eigenvalue weighted by Gasteiger charge is 2.15. The summed E-state index contributed by atoms with van der Waals surface area (Å²) in [6, 6.07) is 8.60. The Hall–Kier alpha value is -0.730. The molecule has 94 valence electrons. The van der Waals surface area contributed by atoms with E-state index in [2.05, 4.69) is 23.2 Å². The minimum absolute atomic E-state index is 0.588. The van der Waals surface area contributed by atoms with Gasteiger partial charge in [-0.2, -0.15) is 0 Å². The first-order chi connectivity index (χ1) is 8.28. The Morgan fingerprint density at radius 2 is 2.24 bits per heavy atom. The average molecular weight is 253 g/mol. The van der Waals surface area contributed by atoms with Gasteiger partial charge in [0.05, 0.1) is 0 Å². The van der Waals surface area contributed by atoms with Crippen LogP contribution < -0.4 is 5.32 Å². The predicted octanol–water partition coefficient (Wildman–Crippen LogP) is 3.63. The van der Waals surface area contributed by atoms with Gasteiger partial charge in [-0.3, -0.25) is 0 Å². The molecule has 0 radical (unpaired) electrons. The van der Waals surface area contributed by atoms with E-state index in [-0.39, 0.29) is 0 Å². The van der Waals surface area contributed by atoms with E-state index in [0.717, 1.165) is 10.7 Å². The molecule has 2 rings (SSSR count). The number of likely N-dealkylation sites (tertiary alicyclic amines) is 1. The Kier molecular flexibility index (Phi) is 4.69. The van der Waals surface area contributed by atoms with E-state index in [1.807, 2.05) is 18.2 Å². The molecule has 1 aromatic carbocycles. The van der Waals surface area contributed by atoms with E-state index in [9.17, 15) is 0 Å². The predicted molar refractivity (Wildman–Crippen MR) is 74.8 cm³/mol. The number of halogens is 1. The molecule has 0 aromatic heterocycles. The summed E-state index contributed by atoms with van der Waals surface area (Å²) in [6.07, 6.45) is 3.76. The molecule has 2 nitrogen and oxygen atoms in total. The molecule has 1 aromatic rings. The maximum Gasteiger partial charge on any atom is 0.0426 e. The van der Waals surface area contributed by atoms with E-state index < -0.39 is 0 Å². The largest absolute Gasteiger partial charge is 0.382 e. The summed E-state index contributed by atoms with van der Waals surface area (Å²) < 4.78 is 0. The second-order valence-corrected chi connectivity index (χ2v) is 5.15. The second-order valence-electron chi connectivity index (χ2n) is 4.72. The van der Waals surface area contributed by atoms with Gasteiger partial charge in [0, 0.05) is 23.3 Å². The van der Waals surface area contributed by atoms with Crippen LogP contribution in [0, 0.1) is 0 Å². The van der Waals surface area contributed by atoms with E-state index >= 15 is 0 Å². The van der Waals surface area contributed by atoms with Crippen LogP contribution in [0.2, 0.25) is 5.02 Å². The molecule has 0 saturated carbocycles. The highest BCUT2D eigenvalue weighted by molar-refractivity contribution is 6.30. The highest BCUT2D eigenvalue weighted by Crippen LogP contribution is 2.19. The van der Waals surface area contributed by atoms with Crippen LogP contribution in [0.15, 0.2) is 24.3 Å². The molecule has 1 fully saturated rings. The standard InChI is InChI=1S/C14H21ClN2/c1-2-17-9-4-7-13(8-10-17)16-14-6-3-5-12(15)11-14/h3,5-6,11,13,16H,2,4,7-10H2,1H3. The fourth-order valence-corrected chi connectivity index (χ4v) is 2.62. The summed E-state index contributed by atoms with van der Waals surface area (Å²) in [5.74, 6) is 0. The van der Waals surface area contributed by atoms with Gasteiger partial charge in [-0.25, -0.2) is 0 Å². The lowest BCUT2D eigenvalue weighted by molar-refractivity contribution is 0.300. The Morgan fingerprint density at radius 1 is 1.35 bits per heavy atom. The van der Waals surface area contributed by atoms with Crippen molar-refractivity contribution >= 4 is 17.3 Å². The molecule has 1 unspecified atom stereocenters. The quantitative estimate of drug-likeness (QED) is 0.884. The monoisotopic (exact) mass is 252 g/mol. The fraction of sp³-hybridized carbons (Fsp3) is 0.571. The van der Waals surface area contributed by atoms with E-state index in [1.165, 1.54) is 38.9 Å². The van der Waals surface area contributed by atoms with Crippen LogP contribution in [0.3, 0.4) is 0 Å². The van der Waals surface area contributed by atoms with Crippen LogP contribution in [0.4, 0.5) is 5.69 Å². The lowest BCUT2D eigenvalue weighted by Crippen LogP contribution is -2.26. The zero-order chi connectivity index (χ0) is 12.1. The van der Waals surface area contributed by atoms with Crippen LogP contribution in [0.5, 0.6) is 0 Å². The average Bonchev–Trinajstić information content (AvgIpc) is 2.54. The van der Waals surface area contributed by atoms with Crippen molar-refractivity contribution in [3.8, 4) is 0 Å². The molecule has 1 aliphatic rings. The maximum atomic E-state index is 5.99. The van der Waals surface area contributed by atoms with Gasteiger partial charge in [0.25, 0.3) is 0 Å². The van der Waals surface area contributed by atoms with Crippen molar-refractivity contribution in [3.05, 3.63) is 29.3 Å². The molecular weight excluding hydrogens is 232 g/mol. The summed E-state index contributed by atoms with van der Waals surface area (Å²) in [7, 11) is 0. The van der Waals surface area contributed by atoms with Crippen LogP contribution in [-0.2, 0) is 0 Å². The number of nitrogens with one attached hydrogen (secondary N) is 1. The van der Waals surface area contributed by atoms with Gasteiger partial charge in [-0.15, -0.1) is 0 Å². The van der Waals surface area contributed by atoms with E-state index in [1.54, 1.807) is 0 Å². The zero-order valence-corrected chi connectivity index (χ0v) is 11.2. The van der Waals surface area contributed by atoms with Gasteiger partial charge < -0.3 is 10.2 Å². The molecule has 0 aliphatic carbocycles. The Labute approximate surface area is 109 Å². The van der Waals surface area contributed by atoms with Crippen molar-refractivity contribution in [2.45, 2.75) is 32.2 Å². The van der Waals surface area contributed by atoms with Gasteiger partial charge in [0.15, 0.2) is 0 Å². The molecule has 1 aliphatic heterocycles.